The number of benzene rings is 1. The van der Waals surface area contributed by atoms with Crippen LogP contribution in [-0.2, 0) is 4.79 Å². The lowest BCUT2D eigenvalue weighted by molar-refractivity contribution is -0.274. The summed E-state index contributed by atoms with van der Waals surface area (Å²) in [6.45, 7) is 1.55. The van der Waals surface area contributed by atoms with Crippen molar-refractivity contribution in [2.45, 2.75) is 31.7 Å². The fraction of sp³-hybridized carbons (Fsp3) is 0.429. The quantitative estimate of drug-likeness (QED) is 0.931. The number of carboxylic acids is 1. The Balaban J connectivity index is 2.36. The number of hydrogen-bond acceptors (Lipinski definition) is 3. The maximum Gasteiger partial charge on any atom is 0.573 e. The molecule has 1 unspecified atom stereocenters. The lowest BCUT2D eigenvalue weighted by Gasteiger charge is -2.31. The second-order valence-electron chi connectivity index (χ2n) is 5.18. The maximum atomic E-state index is 12.5. The van der Waals surface area contributed by atoms with Gasteiger partial charge in [-0.25, -0.2) is 4.79 Å². The first-order valence-corrected chi connectivity index (χ1v) is 6.55. The number of amides is 1. The van der Waals surface area contributed by atoms with Crippen LogP contribution in [0.2, 0.25) is 0 Å². The molecule has 1 aromatic rings. The smallest absolute Gasteiger partial charge is 0.480 e. The third-order valence-electron chi connectivity index (χ3n) is 3.69. The Hall–Kier alpha value is -2.25. The van der Waals surface area contributed by atoms with Crippen molar-refractivity contribution in [1.29, 1.82) is 0 Å². The summed E-state index contributed by atoms with van der Waals surface area (Å²) < 4.78 is 41.1. The molecule has 2 rings (SSSR count). The monoisotopic (exact) mass is 317 g/mol. The molecule has 120 valence electrons. The molecule has 0 saturated carbocycles. The average molecular weight is 317 g/mol. The third-order valence-corrected chi connectivity index (χ3v) is 3.69. The van der Waals surface area contributed by atoms with Gasteiger partial charge in [0.2, 0.25) is 0 Å². The zero-order valence-corrected chi connectivity index (χ0v) is 11.7. The van der Waals surface area contributed by atoms with Crippen LogP contribution in [0.4, 0.5) is 13.2 Å². The number of para-hydroxylation sites is 1. The van der Waals surface area contributed by atoms with E-state index >= 15 is 0 Å². The zero-order valence-electron chi connectivity index (χ0n) is 11.7. The largest absolute Gasteiger partial charge is 0.573 e. The Morgan fingerprint density at radius 3 is 2.55 bits per heavy atom. The van der Waals surface area contributed by atoms with E-state index in [9.17, 15) is 27.9 Å². The fourth-order valence-electron chi connectivity index (χ4n) is 2.51. The number of carboxylic acid groups (broad SMARTS) is 1. The lowest BCUT2D eigenvalue weighted by Crippen LogP contribution is -2.50. The van der Waals surface area contributed by atoms with E-state index < -0.39 is 29.5 Å². The molecular formula is C14H14F3NO4. The summed E-state index contributed by atoms with van der Waals surface area (Å²) in [5, 5.41) is 9.29. The van der Waals surface area contributed by atoms with E-state index in [-0.39, 0.29) is 18.5 Å². The molecule has 0 radical (unpaired) electrons. The summed E-state index contributed by atoms with van der Waals surface area (Å²) in [5.41, 5.74) is -1.74. The van der Waals surface area contributed by atoms with Crippen molar-refractivity contribution in [3.05, 3.63) is 29.8 Å². The van der Waals surface area contributed by atoms with Crippen molar-refractivity contribution in [3.8, 4) is 5.75 Å². The molecule has 1 aliphatic heterocycles. The average Bonchev–Trinajstić information content (AvgIpc) is 2.80. The molecule has 22 heavy (non-hydrogen) atoms. The fourth-order valence-corrected chi connectivity index (χ4v) is 2.51. The predicted molar refractivity (Wildman–Crippen MR) is 69.4 cm³/mol. The molecule has 1 heterocycles. The van der Waals surface area contributed by atoms with Crippen molar-refractivity contribution < 1.29 is 32.6 Å². The molecule has 5 nitrogen and oxygen atoms in total. The molecule has 0 aromatic heterocycles. The zero-order chi connectivity index (χ0) is 16.5. The van der Waals surface area contributed by atoms with Gasteiger partial charge < -0.3 is 14.7 Å². The van der Waals surface area contributed by atoms with Gasteiger partial charge in [0, 0.05) is 6.54 Å². The minimum absolute atomic E-state index is 0.169. The summed E-state index contributed by atoms with van der Waals surface area (Å²) in [7, 11) is 0. The number of aliphatic carboxylic acids is 1. The summed E-state index contributed by atoms with van der Waals surface area (Å²) in [6, 6.07) is 4.90. The number of nitrogens with zero attached hydrogens (tertiary/aromatic N) is 1. The number of hydrogen-bond donors (Lipinski definition) is 1. The highest BCUT2D eigenvalue weighted by Crippen LogP contribution is 2.34. The van der Waals surface area contributed by atoms with Crippen LogP contribution in [0.3, 0.4) is 0 Å². The highest BCUT2D eigenvalue weighted by Gasteiger charge is 2.46. The molecule has 1 aliphatic rings. The number of halogens is 3. The Kier molecular flexibility index (Phi) is 4.04. The van der Waals surface area contributed by atoms with Crippen LogP contribution in [0.15, 0.2) is 24.3 Å². The molecular weight excluding hydrogens is 303 g/mol. The molecule has 1 atom stereocenters. The van der Waals surface area contributed by atoms with Gasteiger partial charge in [0.25, 0.3) is 5.91 Å². The van der Waals surface area contributed by atoms with E-state index in [4.69, 9.17) is 0 Å². The van der Waals surface area contributed by atoms with Gasteiger partial charge >= 0.3 is 12.3 Å². The van der Waals surface area contributed by atoms with Crippen LogP contribution in [0, 0.1) is 0 Å². The first-order valence-electron chi connectivity index (χ1n) is 6.55. The first-order chi connectivity index (χ1) is 10.1. The van der Waals surface area contributed by atoms with Crippen LogP contribution < -0.4 is 4.74 Å². The van der Waals surface area contributed by atoms with Crippen LogP contribution in [0.5, 0.6) is 5.75 Å². The number of carbonyl (C=O) groups is 2. The molecule has 1 N–H and O–H groups in total. The lowest BCUT2D eigenvalue weighted by atomic mass is 9.98. The van der Waals surface area contributed by atoms with Gasteiger partial charge in [-0.2, -0.15) is 0 Å². The van der Waals surface area contributed by atoms with E-state index in [0.717, 1.165) is 11.0 Å². The van der Waals surface area contributed by atoms with E-state index in [1.54, 1.807) is 0 Å². The van der Waals surface area contributed by atoms with Crippen LogP contribution in [0.25, 0.3) is 0 Å². The SMILES string of the molecule is CC1(C(=O)O)CCCN1C(=O)c1ccccc1OC(F)(F)F. The van der Waals surface area contributed by atoms with E-state index in [0.29, 0.717) is 6.42 Å². The predicted octanol–water partition coefficient (Wildman–Crippen LogP) is 2.66. The molecule has 0 aliphatic carbocycles. The summed E-state index contributed by atoms with van der Waals surface area (Å²) in [5.74, 6) is -2.62. The number of ether oxygens (including phenoxy) is 1. The van der Waals surface area contributed by atoms with Gasteiger partial charge in [-0.1, -0.05) is 12.1 Å². The number of carbonyl (C=O) groups excluding carboxylic acids is 1. The van der Waals surface area contributed by atoms with E-state index in [1.165, 1.54) is 25.1 Å². The normalized spacial score (nSPS) is 21.7. The van der Waals surface area contributed by atoms with E-state index in [2.05, 4.69) is 4.74 Å². The minimum atomic E-state index is -4.93. The Labute approximate surface area is 124 Å². The van der Waals surface area contributed by atoms with Crippen molar-refractivity contribution in [2.75, 3.05) is 6.54 Å². The van der Waals surface area contributed by atoms with Crippen molar-refractivity contribution in [1.82, 2.24) is 4.90 Å². The van der Waals surface area contributed by atoms with Crippen molar-refractivity contribution >= 4 is 11.9 Å². The van der Waals surface area contributed by atoms with Gasteiger partial charge in [0.05, 0.1) is 5.56 Å². The van der Waals surface area contributed by atoms with Crippen molar-refractivity contribution in [3.63, 3.8) is 0 Å². The van der Waals surface area contributed by atoms with Crippen molar-refractivity contribution in [2.24, 2.45) is 0 Å². The number of rotatable bonds is 3. The van der Waals surface area contributed by atoms with Gasteiger partial charge in [0.15, 0.2) is 0 Å². The van der Waals surface area contributed by atoms with Gasteiger partial charge in [-0.05, 0) is 31.9 Å². The standard InChI is InChI=1S/C14H14F3NO4/c1-13(12(20)21)7-4-8-18(13)11(19)9-5-2-3-6-10(9)22-14(15,16)17/h2-3,5-6H,4,7-8H2,1H3,(H,20,21). The molecule has 0 spiro atoms. The van der Waals surface area contributed by atoms with Gasteiger partial charge in [-0.15, -0.1) is 13.2 Å². The van der Waals surface area contributed by atoms with E-state index in [1.807, 2.05) is 0 Å². The number of likely N-dealkylation sites (tertiary alicyclic amines) is 1. The second-order valence-corrected chi connectivity index (χ2v) is 5.18. The topological polar surface area (TPSA) is 66.8 Å². The maximum absolute atomic E-state index is 12.5. The summed E-state index contributed by atoms with van der Waals surface area (Å²) in [6.07, 6.45) is -4.22. The molecule has 1 fully saturated rings. The Morgan fingerprint density at radius 1 is 1.32 bits per heavy atom. The number of alkyl halides is 3. The van der Waals surface area contributed by atoms with Crippen LogP contribution in [0.1, 0.15) is 30.1 Å². The Morgan fingerprint density at radius 2 is 1.95 bits per heavy atom. The van der Waals surface area contributed by atoms with Crippen LogP contribution in [-0.4, -0.2) is 40.3 Å². The first kappa shape index (κ1) is 16.1. The third kappa shape index (κ3) is 3.00. The highest BCUT2D eigenvalue weighted by atomic mass is 19.4. The summed E-state index contributed by atoms with van der Waals surface area (Å²) >= 11 is 0. The van der Waals surface area contributed by atoms with Gasteiger partial charge in [-0.3, -0.25) is 4.79 Å². The minimum Gasteiger partial charge on any atom is -0.480 e. The molecule has 1 saturated heterocycles. The van der Waals surface area contributed by atoms with Gasteiger partial charge in [0.1, 0.15) is 11.3 Å². The molecule has 8 heteroatoms. The molecule has 1 amide bonds. The Bertz CT molecular complexity index is 602. The molecule has 0 bridgehead atoms. The second kappa shape index (κ2) is 5.51. The summed E-state index contributed by atoms with van der Waals surface area (Å²) in [4.78, 5) is 24.9. The van der Waals surface area contributed by atoms with Crippen LogP contribution >= 0.6 is 0 Å². The highest BCUT2D eigenvalue weighted by molar-refractivity contribution is 6.00. The molecule has 1 aromatic carbocycles.